The van der Waals surface area contributed by atoms with Gasteiger partial charge in [0.2, 0.25) is 0 Å². The molecule has 1 aromatic carbocycles. The molecule has 0 spiro atoms. The Morgan fingerprint density at radius 3 is 2.62 bits per heavy atom. The third kappa shape index (κ3) is 4.47. The number of nitrogens with zero attached hydrogens (tertiary/aromatic N) is 1. The predicted octanol–water partition coefficient (Wildman–Crippen LogP) is 4.47. The standard InChI is InChI=1S/C15H18F2N2OS/c1-3-8-18-10(2)13-9-19-14(21-13)11-4-6-12(7-5-11)20-15(16)17/h4-7,9-10,15,18H,3,8H2,1-2H3. The molecule has 1 N–H and O–H groups in total. The summed E-state index contributed by atoms with van der Waals surface area (Å²) in [4.78, 5) is 5.55. The second-order valence-electron chi connectivity index (χ2n) is 4.65. The minimum Gasteiger partial charge on any atom is -0.435 e. The van der Waals surface area contributed by atoms with Gasteiger partial charge in [-0.1, -0.05) is 6.92 Å². The van der Waals surface area contributed by atoms with Crippen LogP contribution in [-0.4, -0.2) is 18.1 Å². The quantitative estimate of drug-likeness (QED) is 0.819. The summed E-state index contributed by atoms with van der Waals surface area (Å²) in [6.45, 7) is 2.40. The van der Waals surface area contributed by atoms with Gasteiger partial charge in [0.05, 0.1) is 0 Å². The second-order valence-corrected chi connectivity index (χ2v) is 5.71. The highest BCUT2D eigenvalue weighted by atomic mass is 32.1. The lowest BCUT2D eigenvalue weighted by Gasteiger charge is -2.09. The molecule has 2 aromatic rings. The maximum absolute atomic E-state index is 12.1. The molecular weight excluding hydrogens is 294 g/mol. The van der Waals surface area contributed by atoms with Crippen molar-refractivity contribution < 1.29 is 13.5 Å². The molecule has 0 saturated heterocycles. The first-order chi connectivity index (χ1) is 10.1. The maximum Gasteiger partial charge on any atom is 0.387 e. The maximum atomic E-state index is 12.1. The summed E-state index contributed by atoms with van der Waals surface area (Å²) in [5.41, 5.74) is 0.899. The fourth-order valence-electron chi connectivity index (χ4n) is 1.86. The average molecular weight is 312 g/mol. The zero-order valence-electron chi connectivity index (χ0n) is 12.0. The number of benzene rings is 1. The lowest BCUT2D eigenvalue weighted by molar-refractivity contribution is -0.0498. The minimum absolute atomic E-state index is 0.156. The summed E-state index contributed by atoms with van der Waals surface area (Å²) in [6, 6.07) is 6.80. The van der Waals surface area contributed by atoms with E-state index >= 15 is 0 Å². The van der Waals surface area contributed by atoms with Gasteiger partial charge in [-0.2, -0.15) is 8.78 Å². The zero-order valence-corrected chi connectivity index (χ0v) is 12.8. The Bertz CT molecular complexity index is 557. The third-order valence-electron chi connectivity index (χ3n) is 2.98. The fourth-order valence-corrected chi connectivity index (χ4v) is 2.81. The molecule has 1 atom stereocenters. The number of halogens is 2. The van der Waals surface area contributed by atoms with Gasteiger partial charge in [0.25, 0.3) is 0 Å². The monoisotopic (exact) mass is 312 g/mol. The average Bonchev–Trinajstić information content (AvgIpc) is 2.95. The van der Waals surface area contributed by atoms with Crippen LogP contribution in [0.1, 0.15) is 31.2 Å². The molecule has 21 heavy (non-hydrogen) atoms. The summed E-state index contributed by atoms with van der Waals surface area (Å²) in [6.07, 6.45) is 2.94. The summed E-state index contributed by atoms with van der Waals surface area (Å²) in [5, 5.41) is 4.28. The smallest absolute Gasteiger partial charge is 0.387 e. The highest BCUT2D eigenvalue weighted by Crippen LogP contribution is 2.30. The Kier molecular flexibility index (Phi) is 5.64. The molecule has 0 radical (unpaired) electrons. The molecule has 1 unspecified atom stereocenters. The van der Waals surface area contributed by atoms with Crippen LogP contribution in [0.4, 0.5) is 8.78 Å². The van der Waals surface area contributed by atoms with Crippen molar-refractivity contribution in [3.8, 4) is 16.3 Å². The number of rotatable bonds is 7. The summed E-state index contributed by atoms with van der Waals surface area (Å²) in [5.74, 6) is 0.156. The Morgan fingerprint density at radius 2 is 2.00 bits per heavy atom. The highest BCUT2D eigenvalue weighted by molar-refractivity contribution is 7.15. The molecule has 0 aliphatic heterocycles. The van der Waals surface area contributed by atoms with Crippen LogP contribution in [0.3, 0.4) is 0 Å². The van der Waals surface area contributed by atoms with E-state index in [2.05, 4.69) is 28.9 Å². The molecule has 0 fully saturated rings. The molecule has 6 heteroatoms. The Balaban J connectivity index is 2.06. The number of hydrogen-bond donors (Lipinski definition) is 1. The van der Waals surface area contributed by atoms with Crippen molar-refractivity contribution >= 4 is 11.3 Å². The van der Waals surface area contributed by atoms with Crippen LogP contribution in [0.2, 0.25) is 0 Å². The van der Waals surface area contributed by atoms with Crippen molar-refractivity contribution in [3.63, 3.8) is 0 Å². The first kappa shape index (κ1) is 15.9. The molecule has 1 heterocycles. The molecule has 0 aliphatic carbocycles. The van der Waals surface area contributed by atoms with Gasteiger partial charge in [0, 0.05) is 22.7 Å². The molecule has 0 saturated carbocycles. The van der Waals surface area contributed by atoms with Gasteiger partial charge in [0.15, 0.2) is 0 Å². The van der Waals surface area contributed by atoms with Gasteiger partial charge in [0.1, 0.15) is 10.8 Å². The van der Waals surface area contributed by atoms with Gasteiger partial charge >= 0.3 is 6.61 Å². The van der Waals surface area contributed by atoms with Crippen molar-refractivity contribution in [3.05, 3.63) is 35.3 Å². The topological polar surface area (TPSA) is 34.2 Å². The SMILES string of the molecule is CCCNC(C)c1cnc(-c2ccc(OC(F)F)cc2)s1. The van der Waals surface area contributed by atoms with E-state index in [0.717, 1.165) is 28.4 Å². The van der Waals surface area contributed by atoms with E-state index in [1.807, 2.05) is 6.20 Å². The molecule has 3 nitrogen and oxygen atoms in total. The first-order valence-electron chi connectivity index (χ1n) is 6.84. The Hall–Kier alpha value is -1.53. The number of hydrogen-bond acceptors (Lipinski definition) is 4. The molecule has 0 amide bonds. The molecule has 0 aliphatic rings. The van der Waals surface area contributed by atoms with Crippen LogP contribution < -0.4 is 10.1 Å². The minimum atomic E-state index is -2.80. The number of nitrogens with one attached hydrogen (secondary N) is 1. The number of alkyl halides is 2. The summed E-state index contributed by atoms with van der Waals surface area (Å²) in [7, 11) is 0. The second kappa shape index (κ2) is 7.47. The number of ether oxygens (including phenoxy) is 1. The highest BCUT2D eigenvalue weighted by Gasteiger charge is 2.11. The van der Waals surface area contributed by atoms with Crippen LogP contribution in [0.25, 0.3) is 10.6 Å². The molecular formula is C15H18F2N2OS. The van der Waals surface area contributed by atoms with Crippen LogP contribution >= 0.6 is 11.3 Å². The zero-order chi connectivity index (χ0) is 15.2. The van der Waals surface area contributed by atoms with Gasteiger partial charge in [-0.3, -0.25) is 0 Å². The summed E-state index contributed by atoms with van der Waals surface area (Å²) >= 11 is 1.60. The normalized spacial score (nSPS) is 12.6. The van der Waals surface area contributed by atoms with Gasteiger partial charge in [-0.15, -0.1) is 11.3 Å². The van der Waals surface area contributed by atoms with E-state index in [9.17, 15) is 8.78 Å². The largest absolute Gasteiger partial charge is 0.435 e. The predicted molar refractivity (Wildman–Crippen MR) is 80.9 cm³/mol. The number of aromatic nitrogens is 1. The van der Waals surface area contributed by atoms with Gasteiger partial charge < -0.3 is 10.1 Å². The van der Waals surface area contributed by atoms with Crippen molar-refractivity contribution in [2.45, 2.75) is 32.9 Å². The third-order valence-corrected chi connectivity index (χ3v) is 4.21. The summed E-state index contributed by atoms with van der Waals surface area (Å²) < 4.78 is 28.5. The van der Waals surface area contributed by atoms with Crippen LogP contribution in [0.5, 0.6) is 5.75 Å². The van der Waals surface area contributed by atoms with Crippen LogP contribution in [-0.2, 0) is 0 Å². The molecule has 0 bridgehead atoms. The van der Waals surface area contributed by atoms with Crippen LogP contribution in [0.15, 0.2) is 30.5 Å². The van der Waals surface area contributed by atoms with E-state index in [1.165, 1.54) is 12.1 Å². The van der Waals surface area contributed by atoms with Gasteiger partial charge in [-0.05, 0) is 44.2 Å². The number of thiazole rings is 1. The van der Waals surface area contributed by atoms with Crippen molar-refractivity contribution in [2.24, 2.45) is 0 Å². The molecule has 2 rings (SSSR count). The van der Waals surface area contributed by atoms with E-state index in [4.69, 9.17) is 0 Å². The fraction of sp³-hybridized carbons (Fsp3) is 0.400. The molecule has 1 aromatic heterocycles. The van der Waals surface area contributed by atoms with Crippen molar-refractivity contribution in [1.29, 1.82) is 0 Å². The van der Waals surface area contributed by atoms with E-state index in [1.54, 1.807) is 23.5 Å². The lowest BCUT2D eigenvalue weighted by atomic mass is 10.2. The van der Waals surface area contributed by atoms with Gasteiger partial charge in [-0.25, -0.2) is 4.98 Å². The van der Waals surface area contributed by atoms with Crippen LogP contribution in [0, 0.1) is 0 Å². The first-order valence-corrected chi connectivity index (χ1v) is 7.66. The van der Waals surface area contributed by atoms with E-state index in [-0.39, 0.29) is 11.8 Å². The van der Waals surface area contributed by atoms with Crippen molar-refractivity contribution in [1.82, 2.24) is 10.3 Å². The lowest BCUT2D eigenvalue weighted by Crippen LogP contribution is -2.18. The van der Waals surface area contributed by atoms with E-state index < -0.39 is 6.61 Å². The molecule has 114 valence electrons. The van der Waals surface area contributed by atoms with E-state index in [0.29, 0.717) is 0 Å². The van der Waals surface area contributed by atoms with Crippen molar-refractivity contribution in [2.75, 3.05) is 6.54 Å². The Labute approximate surface area is 127 Å². The Morgan fingerprint density at radius 1 is 1.29 bits per heavy atom.